The van der Waals surface area contributed by atoms with Crippen LogP contribution < -0.4 is 5.32 Å². The maximum absolute atomic E-state index is 10.6. The number of alkyl halides is 3. The van der Waals surface area contributed by atoms with Crippen molar-refractivity contribution < 1.29 is 32.4 Å². The van der Waals surface area contributed by atoms with Crippen LogP contribution in [0.3, 0.4) is 0 Å². The van der Waals surface area contributed by atoms with Gasteiger partial charge in [0.1, 0.15) is 0 Å². The molecule has 2 rings (SSSR count). The van der Waals surface area contributed by atoms with Crippen molar-refractivity contribution in [2.75, 3.05) is 13.1 Å². The van der Waals surface area contributed by atoms with Crippen LogP contribution in [0.15, 0.2) is 0 Å². The largest absolute Gasteiger partial charge is 0.490 e. The van der Waals surface area contributed by atoms with Crippen molar-refractivity contribution in [3.63, 3.8) is 0 Å². The highest BCUT2D eigenvalue weighted by Gasteiger charge is 2.50. The molecule has 9 heteroatoms. The Kier molecular flexibility index (Phi) is 7.13. The van der Waals surface area contributed by atoms with Crippen molar-refractivity contribution in [3.05, 3.63) is 0 Å². The average molecular weight is 353 g/mol. The van der Waals surface area contributed by atoms with Gasteiger partial charge in [0.25, 0.3) is 0 Å². The second-order valence-corrected chi connectivity index (χ2v) is 7.26. The first-order valence-electron chi connectivity index (χ1n) is 8.21. The Morgan fingerprint density at radius 3 is 1.96 bits per heavy atom. The molecule has 0 atom stereocenters. The SMILES string of the molecule is CC1(C)OB(CCC2CCNCC2)OC1(C)C.O=C(O)C(F)(F)F. The molecule has 0 aromatic heterocycles. The van der Waals surface area contributed by atoms with Crippen molar-refractivity contribution >= 4 is 13.1 Å². The number of rotatable bonds is 3. The monoisotopic (exact) mass is 353 g/mol. The molecule has 2 aliphatic rings. The second kappa shape index (κ2) is 8.06. The number of carboxylic acid groups (broad SMARTS) is 1. The first kappa shape index (κ1) is 21.2. The molecule has 0 aliphatic carbocycles. The summed E-state index contributed by atoms with van der Waals surface area (Å²) < 4.78 is 43.8. The van der Waals surface area contributed by atoms with Gasteiger partial charge in [-0.3, -0.25) is 0 Å². The fourth-order valence-corrected chi connectivity index (χ4v) is 2.63. The predicted octanol–water partition coefficient (Wildman–Crippen LogP) is 3.10. The lowest BCUT2D eigenvalue weighted by atomic mass is 9.78. The van der Waals surface area contributed by atoms with Gasteiger partial charge in [-0.1, -0.05) is 6.42 Å². The lowest BCUT2D eigenvalue weighted by Crippen LogP contribution is -2.41. The van der Waals surface area contributed by atoms with E-state index in [-0.39, 0.29) is 18.3 Å². The number of nitrogens with one attached hydrogen (secondary N) is 1. The molecule has 2 aliphatic heterocycles. The highest BCUT2D eigenvalue weighted by molar-refractivity contribution is 6.45. The van der Waals surface area contributed by atoms with Crippen molar-refractivity contribution in [2.45, 2.75) is 70.7 Å². The van der Waals surface area contributed by atoms with E-state index >= 15 is 0 Å². The van der Waals surface area contributed by atoms with Crippen LogP contribution in [0.25, 0.3) is 0 Å². The van der Waals surface area contributed by atoms with Gasteiger partial charge in [0.15, 0.2) is 0 Å². The zero-order valence-electron chi connectivity index (χ0n) is 14.7. The molecule has 0 spiro atoms. The minimum absolute atomic E-state index is 0.00474. The van der Waals surface area contributed by atoms with Gasteiger partial charge in [-0.2, -0.15) is 13.2 Å². The highest BCUT2D eigenvalue weighted by Crippen LogP contribution is 2.38. The maximum Gasteiger partial charge on any atom is 0.490 e. The van der Waals surface area contributed by atoms with E-state index in [2.05, 4.69) is 33.0 Å². The van der Waals surface area contributed by atoms with Gasteiger partial charge in [0, 0.05) is 0 Å². The summed E-state index contributed by atoms with van der Waals surface area (Å²) in [5, 5.41) is 10.5. The second-order valence-electron chi connectivity index (χ2n) is 7.26. The fraction of sp³-hybridized carbons (Fsp3) is 0.933. The molecular formula is C15H27BF3NO4. The van der Waals surface area contributed by atoms with Gasteiger partial charge >= 0.3 is 19.3 Å². The Labute approximate surface area is 141 Å². The molecule has 24 heavy (non-hydrogen) atoms. The zero-order valence-corrected chi connectivity index (χ0v) is 14.7. The number of hydrogen-bond acceptors (Lipinski definition) is 4. The Morgan fingerprint density at radius 2 is 1.58 bits per heavy atom. The van der Waals surface area contributed by atoms with Gasteiger partial charge < -0.3 is 19.7 Å². The molecule has 2 heterocycles. The Morgan fingerprint density at radius 1 is 1.17 bits per heavy atom. The summed E-state index contributed by atoms with van der Waals surface area (Å²) in [7, 11) is -0.00474. The molecule has 0 saturated carbocycles. The molecule has 2 fully saturated rings. The van der Waals surface area contributed by atoms with Crippen LogP contribution in [-0.2, 0) is 14.1 Å². The molecule has 0 amide bonds. The van der Waals surface area contributed by atoms with Crippen LogP contribution in [-0.4, -0.2) is 48.7 Å². The normalized spacial score (nSPS) is 23.5. The molecule has 0 unspecified atom stereocenters. The molecule has 2 saturated heterocycles. The average Bonchev–Trinajstić information content (AvgIpc) is 2.65. The highest BCUT2D eigenvalue weighted by atomic mass is 19.4. The van der Waals surface area contributed by atoms with Gasteiger partial charge in [-0.05, 0) is 65.9 Å². The van der Waals surface area contributed by atoms with Crippen molar-refractivity contribution in [2.24, 2.45) is 5.92 Å². The number of hydrogen-bond donors (Lipinski definition) is 2. The van der Waals surface area contributed by atoms with Gasteiger partial charge in [0.2, 0.25) is 0 Å². The Balaban J connectivity index is 0.000000351. The van der Waals surface area contributed by atoms with Gasteiger partial charge in [-0.25, -0.2) is 4.79 Å². The molecule has 140 valence electrons. The predicted molar refractivity (Wildman–Crippen MR) is 84.8 cm³/mol. The van der Waals surface area contributed by atoms with E-state index in [0.29, 0.717) is 0 Å². The number of carboxylic acids is 1. The quantitative estimate of drug-likeness (QED) is 0.764. The van der Waals surface area contributed by atoms with E-state index in [0.717, 1.165) is 12.2 Å². The summed E-state index contributed by atoms with van der Waals surface area (Å²) in [5.74, 6) is -1.90. The van der Waals surface area contributed by atoms with Crippen LogP contribution in [0, 0.1) is 5.92 Å². The fourth-order valence-electron chi connectivity index (χ4n) is 2.63. The topological polar surface area (TPSA) is 67.8 Å². The number of halogens is 3. The van der Waals surface area contributed by atoms with Crippen LogP contribution >= 0.6 is 0 Å². The number of piperidine rings is 1. The van der Waals surface area contributed by atoms with E-state index in [9.17, 15) is 13.2 Å². The molecule has 5 nitrogen and oxygen atoms in total. The van der Waals surface area contributed by atoms with Gasteiger partial charge in [0.05, 0.1) is 11.2 Å². The maximum atomic E-state index is 10.6. The molecular weight excluding hydrogens is 326 g/mol. The first-order chi connectivity index (χ1) is 10.8. The van der Waals surface area contributed by atoms with Crippen LogP contribution in [0.2, 0.25) is 6.32 Å². The summed E-state index contributed by atoms with van der Waals surface area (Å²) in [6.07, 6.45) is -0.199. The number of carbonyl (C=O) groups is 1. The summed E-state index contributed by atoms with van der Waals surface area (Å²) in [5.41, 5.74) is -0.350. The lowest BCUT2D eigenvalue weighted by molar-refractivity contribution is -0.192. The minimum atomic E-state index is -5.08. The van der Waals surface area contributed by atoms with E-state index in [1.54, 1.807) is 0 Å². The van der Waals surface area contributed by atoms with Crippen molar-refractivity contribution in [1.82, 2.24) is 5.32 Å². The van der Waals surface area contributed by atoms with E-state index in [1.807, 2.05) is 0 Å². The summed E-state index contributed by atoms with van der Waals surface area (Å²) >= 11 is 0. The van der Waals surface area contributed by atoms with Crippen molar-refractivity contribution in [1.29, 1.82) is 0 Å². The van der Waals surface area contributed by atoms with Crippen molar-refractivity contribution in [3.8, 4) is 0 Å². The van der Waals surface area contributed by atoms with E-state index in [4.69, 9.17) is 19.2 Å². The smallest absolute Gasteiger partial charge is 0.475 e. The minimum Gasteiger partial charge on any atom is -0.475 e. The van der Waals surface area contributed by atoms with Crippen LogP contribution in [0.5, 0.6) is 0 Å². The third kappa shape index (κ3) is 6.25. The van der Waals surface area contributed by atoms with Gasteiger partial charge in [-0.15, -0.1) is 0 Å². The van der Waals surface area contributed by atoms with E-state index < -0.39 is 12.1 Å². The third-order valence-electron chi connectivity index (χ3n) is 4.81. The molecule has 0 radical (unpaired) electrons. The third-order valence-corrected chi connectivity index (χ3v) is 4.81. The summed E-state index contributed by atoms with van der Waals surface area (Å²) in [6, 6.07) is 0. The Bertz CT molecular complexity index is 407. The van der Waals surface area contributed by atoms with E-state index in [1.165, 1.54) is 32.4 Å². The van der Waals surface area contributed by atoms with Crippen LogP contribution in [0.4, 0.5) is 13.2 Å². The molecule has 2 N–H and O–H groups in total. The number of aliphatic carboxylic acids is 1. The standard InChI is InChI=1S/C13H26BNO2.C2HF3O2/c1-12(2)13(3,4)17-14(16-12)8-5-11-6-9-15-10-7-11;3-2(4,5)1(6)7/h11,15H,5-10H2,1-4H3;(H,6,7). The molecule has 0 bridgehead atoms. The summed E-state index contributed by atoms with van der Waals surface area (Å²) in [4.78, 5) is 8.90. The summed E-state index contributed by atoms with van der Waals surface area (Å²) in [6.45, 7) is 10.8. The lowest BCUT2D eigenvalue weighted by Gasteiger charge is -2.32. The van der Waals surface area contributed by atoms with Crippen LogP contribution in [0.1, 0.15) is 47.0 Å². The molecule has 0 aromatic carbocycles. The first-order valence-corrected chi connectivity index (χ1v) is 8.21. The zero-order chi connectivity index (χ0) is 18.6. The Hall–Kier alpha value is -0.795. The molecule has 0 aromatic rings.